The van der Waals surface area contributed by atoms with E-state index in [2.05, 4.69) is 10.4 Å². The molecular weight excluding hydrogens is 282 g/mol. The Kier molecular flexibility index (Phi) is 4.60. The predicted molar refractivity (Wildman–Crippen MR) is 82.8 cm³/mol. The number of aromatic nitrogens is 2. The molecule has 0 aliphatic heterocycles. The van der Waals surface area contributed by atoms with Gasteiger partial charge in [-0.2, -0.15) is 5.10 Å². The van der Waals surface area contributed by atoms with Crippen LogP contribution in [0.15, 0.2) is 30.3 Å². The number of hydrogen-bond acceptors (Lipinski definition) is 3. The molecule has 2 N–H and O–H groups in total. The van der Waals surface area contributed by atoms with Crippen molar-refractivity contribution in [1.82, 2.24) is 9.78 Å². The van der Waals surface area contributed by atoms with Crippen LogP contribution in [0.4, 0.5) is 5.69 Å². The van der Waals surface area contributed by atoms with Crippen LogP contribution in [-0.4, -0.2) is 26.8 Å². The summed E-state index contributed by atoms with van der Waals surface area (Å²) in [7, 11) is 0. The number of aliphatic carboxylic acids is 1. The third kappa shape index (κ3) is 3.72. The molecular formula is C16H19N3O3. The van der Waals surface area contributed by atoms with Gasteiger partial charge < -0.3 is 10.4 Å². The summed E-state index contributed by atoms with van der Waals surface area (Å²) in [5, 5.41) is 16.0. The Balaban J connectivity index is 2.07. The lowest BCUT2D eigenvalue weighted by Crippen LogP contribution is -2.20. The van der Waals surface area contributed by atoms with E-state index in [0.717, 1.165) is 11.4 Å². The minimum atomic E-state index is -0.897. The van der Waals surface area contributed by atoms with Gasteiger partial charge in [0.25, 0.3) is 0 Å². The highest BCUT2D eigenvalue weighted by atomic mass is 16.4. The number of rotatable bonds is 5. The van der Waals surface area contributed by atoms with E-state index in [4.69, 9.17) is 5.11 Å². The molecule has 0 spiro atoms. The topological polar surface area (TPSA) is 84.2 Å². The fourth-order valence-corrected chi connectivity index (χ4v) is 2.20. The summed E-state index contributed by atoms with van der Waals surface area (Å²) < 4.78 is 1.63. The van der Waals surface area contributed by atoms with Crippen molar-refractivity contribution in [2.24, 2.45) is 0 Å². The van der Waals surface area contributed by atoms with E-state index in [1.165, 1.54) is 0 Å². The molecule has 0 bridgehead atoms. The van der Waals surface area contributed by atoms with Crippen molar-refractivity contribution < 1.29 is 14.7 Å². The van der Waals surface area contributed by atoms with Crippen molar-refractivity contribution in [3.05, 3.63) is 47.3 Å². The zero-order chi connectivity index (χ0) is 16.3. The van der Waals surface area contributed by atoms with Crippen LogP contribution in [0.5, 0.6) is 0 Å². The lowest BCUT2D eigenvalue weighted by atomic mass is 10.0. The molecule has 1 atom stereocenters. The van der Waals surface area contributed by atoms with Crippen molar-refractivity contribution in [2.75, 3.05) is 5.32 Å². The highest BCUT2D eigenvalue weighted by Crippen LogP contribution is 2.19. The number of nitrogens with zero attached hydrogens (tertiary/aromatic N) is 2. The predicted octanol–water partition coefficient (Wildman–Crippen LogP) is 2.33. The first-order chi connectivity index (χ1) is 10.4. The zero-order valence-corrected chi connectivity index (χ0v) is 12.8. The SMILES string of the molecule is Cc1cc(C)n(CC(=O)Nc2cccc(C(C)C(=O)O)c2)n1. The molecule has 0 radical (unpaired) electrons. The van der Waals surface area contributed by atoms with Crippen LogP contribution in [-0.2, 0) is 16.1 Å². The average molecular weight is 301 g/mol. The second-order valence-electron chi connectivity index (χ2n) is 5.32. The fraction of sp³-hybridized carbons (Fsp3) is 0.312. The zero-order valence-electron chi connectivity index (χ0n) is 12.8. The number of nitrogens with one attached hydrogen (secondary N) is 1. The summed E-state index contributed by atoms with van der Waals surface area (Å²) in [5.74, 6) is -1.72. The van der Waals surface area contributed by atoms with Crippen LogP contribution in [0, 0.1) is 13.8 Å². The van der Waals surface area contributed by atoms with E-state index >= 15 is 0 Å². The summed E-state index contributed by atoms with van der Waals surface area (Å²) in [4.78, 5) is 23.1. The highest BCUT2D eigenvalue weighted by molar-refractivity contribution is 5.90. The first-order valence-electron chi connectivity index (χ1n) is 7.00. The molecule has 1 aromatic heterocycles. The molecule has 0 aliphatic carbocycles. The van der Waals surface area contributed by atoms with Gasteiger partial charge in [-0.1, -0.05) is 12.1 Å². The van der Waals surface area contributed by atoms with Crippen molar-refractivity contribution in [3.8, 4) is 0 Å². The van der Waals surface area contributed by atoms with Gasteiger partial charge in [0.2, 0.25) is 5.91 Å². The van der Waals surface area contributed by atoms with Crippen molar-refractivity contribution in [2.45, 2.75) is 33.2 Å². The normalized spacial score (nSPS) is 12.0. The third-order valence-electron chi connectivity index (χ3n) is 3.44. The Labute approximate surface area is 128 Å². The quantitative estimate of drug-likeness (QED) is 0.887. The second-order valence-corrected chi connectivity index (χ2v) is 5.32. The molecule has 1 aromatic carbocycles. The van der Waals surface area contributed by atoms with Gasteiger partial charge in [0.15, 0.2) is 0 Å². The van der Waals surface area contributed by atoms with E-state index in [-0.39, 0.29) is 12.5 Å². The van der Waals surface area contributed by atoms with Crippen LogP contribution >= 0.6 is 0 Å². The molecule has 6 heteroatoms. The fourth-order valence-electron chi connectivity index (χ4n) is 2.20. The van der Waals surface area contributed by atoms with Crippen LogP contribution in [0.1, 0.15) is 29.8 Å². The standard InChI is InChI=1S/C16H19N3O3/c1-10-7-11(2)19(18-10)9-15(20)17-14-6-4-5-13(8-14)12(3)16(21)22/h4-8,12H,9H2,1-3H3,(H,17,20)(H,21,22). The van der Waals surface area contributed by atoms with Gasteiger partial charge in [-0.25, -0.2) is 0 Å². The Bertz CT molecular complexity index is 706. The number of carbonyl (C=O) groups is 2. The molecule has 2 rings (SSSR count). The van der Waals surface area contributed by atoms with Crippen molar-refractivity contribution in [1.29, 1.82) is 0 Å². The number of benzene rings is 1. The molecule has 0 saturated heterocycles. The molecule has 1 unspecified atom stereocenters. The van der Waals surface area contributed by atoms with Crippen molar-refractivity contribution in [3.63, 3.8) is 0 Å². The Morgan fingerprint density at radius 2 is 2.05 bits per heavy atom. The summed E-state index contributed by atoms with van der Waals surface area (Å²) in [5.41, 5.74) is 3.01. The van der Waals surface area contributed by atoms with Gasteiger partial charge in [0.05, 0.1) is 11.6 Å². The maximum absolute atomic E-state index is 12.1. The number of anilines is 1. The molecule has 0 saturated carbocycles. The lowest BCUT2D eigenvalue weighted by molar-refractivity contribution is -0.138. The molecule has 0 aliphatic rings. The maximum atomic E-state index is 12.1. The van der Waals surface area contributed by atoms with E-state index in [9.17, 15) is 9.59 Å². The van der Waals surface area contributed by atoms with Gasteiger partial charge >= 0.3 is 5.97 Å². The Morgan fingerprint density at radius 1 is 1.32 bits per heavy atom. The van der Waals surface area contributed by atoms with Crippen molar-refractivity contribution >= 4 is 17.6 Å². The van der Waals surface area contributed by atoms with Gasteiger partial charge in [0, 0.05) is 11.4 Å². The monoisotopic (exact) mass is 301 g/mol. The van der Waals surface area contributed by atoms with Gasteiger partial charge in [-0.15, -0.1) is 0 Å². The van der Waals surface area contributed by atoms with E-state index in [0.29, 0.717) is 11.3 Å². The molecule has 2 aromatic rings. The number of hydrogen-bond donors (Lipinski definition) is 2. The smallest absolute Gasteiger partial charge is 0.310 e. The molecule has 1 heterocycles. The average Bonchev–Trinajstić information content (AvgIpc) is 2.76. The minimum Gasteiger partial charge on any atom is -0.481 e. The van der Waals surface area contributed by atoms with Gasteiger partial charge in [-0.05, 0) is 44.5 Å². The van der Waals surface area contributed by atoms with E-state index in [1.807, 2.05) is 19.9 Å². The number of carbonyl (C=O) groups excluding carboxylic acids is 1. The number of amides is 1. The summed E-state index contributed by atoms with van der Waals surface area (Å²) in [6, 6.07) is 8.78. The Morgan fingerprint density at radius 3 is 2.64 bits per heavy atom. The second kappa shape index (κ2) is 6.43. The minimum absolute atomic E-state index is 0.123. The van der Waals surface area contributed by atoms with Gasteiger partial charge in [0.1, 0.15) is 6.54 Å². The van der Waals surface area contributed by atoms with E-state index < -0.39 is 11.9 Å². The number of carboxylic acids is 1. The maximum Gasteiger partial charge on any atom is 0.310 e. The summed E-state index contributed by atoms with van der Waals surface area (Å²) in [6.07, 6.45) is 0. The van der Waals surface area contributed by atoms with Gasteiger partial charge in [-0.3, -0.25) is 14.3 Å². The van der Waals surface area contributed by atoms with Crippen LogP contribution in [0.25, 0.3) is 0 Å². The third-order valence-corrected chi connectivity index (χ3v) is 3.44. The highest BCUT2D eigenvalue weighted by Gasteiger charge is 2.14. The van der Waals surface area contributed by atoms with Crippen LogP contribution in [0.3, 0.4) is 0 Å². The molecule has 22 heavy (non-hydrogen) atoms. The first kappa shape index (κ1) is 15.8. The lowest BCUT2D eigenvalue weighted by Gasteiger charge is -2.10. The number of carboxylic acid groups (broad SMARTS) is 1. The molecule has 1 amide bonds. The first-order valence-corrected chi connectivity index (χ1v) is 7.00. The molecule has 6 nitrogen and oxygen atoms in total. The number of aryl methyl sites for hydroxylation is 2. The van der Waals surface area contributed by atoms with E-state index in [1.54, 1.807) is 35.9 Å². The molecule has 116 valence electrons. The van der Waals surface area contributed by atoms with Crippen LogP contribution < -0.4 is 5.32 Å². The largest absolute Gasteiger partial charge is 0.481 e. The Hall–Kier alpha value is -2.63. The summed E-state index contributed by atoms with van der Waals surface area (Å²) in [6.45, 7) is 5.50. The molecule has 0 fully saturated rings. The summed E-state index contributed by atoms with van der Waals surface area (Å²) >= 11 is 0. The van der Waals surface area contributed by atoms with Crippen LogP contribution in [0.2, 0.25) is 0 Å².